The third kappa shape index (κ3) is 3.43. The minimum atomic E-state index is 0.255. The van der Waals surface area contributed by atoms with Gasteiger partial charge in [-0.1, -0.05) is 36.4 Å². The van der Waals surface area contributed by atoms with Crippen molar-refractivity contribution in [2.75, 3.05) is 0 Å². The molecule has 0 bridgehead atoms. The summed E-state index contributed by atoms with van der Waals surface area (Å²) in [4.78, 5) is 11.4. The molecule has 0 unspecified atom stereocenters. The molecule has 1 heterocycles. The molecule has 3 aromatic rings. The van der Waals surface area contributed by atoms with E-state index in [4.69, 9.17) is 9.98 Å². The molecule has 0 saturated carbocycles. The number of aromatic nitrogens is 1. The predicted molar refractivity (Wildman–Crippen MR) is 93.9 cm³/mol. The molecule has 0 aliphatic rings. The maximum atomic E-state index is 4.78. The standard InChI is InChI=1S/C17H17N3S2/c1-13(2)18-16-20(15-11-7-4-8-12-15)17(22-21-16)19-14-9-5-3-6-10-14/h3-13H,1-2H3. The van der Waals surface area contributed by atoms with Crippen LogP contribution in [0, 0.1) is 0 Å². The van der Waals surface area contributed by atoms with Gasteiger partial charge in [-0.05, 0) is 58.8 Å². The zero-order chi connectivity index (χ0) is 15.4. The van der Waals surface area contributed by atoms with Crippen molar-refractivity contribution in [2.45, 2.75) is 19.9 Å². The highest BCUT2D eigenvalue weighted by Crippen LogP contribution is 2.11. The lowest BCUT2D eigenvalue weighted by Crippen LogP contribution is -2.25. The Morgan fingerprint density at radius 3 is 2.05 bits per heavy atom. The molecule has 0 amide bonds. The third-order valence-electron chi connectivity index (χ3n) is 2.94. The van der Waals surface area contributed by atoms with Crippen LogP contribution in [0.4, 0.5) is 5.69 Å². The minimum Gasteiger partial charge on any atom is -0.261 e. The average Bonchev–Trinajstić information content (AvgIpc) is 2.91. The molecule has 22 heavy (non-hydrogen) atoms. The van der Waals surface area contributed by atoms with E-state index in [1.807, 2.05) is 48.5 Å². The van der Waals surface area contributed by atoms with Gasteiger partial charge in [-0.25, -0.2) is 4.99 Å². The third-order valence-corrected chi connectivity index (χ3v) is 5.03. The Kier molecular flexibility index (Phi) is 4.65. The molecule has 0 N–H and O–H groups in total. The first-order valence-corrected chi connectivity index (χ1v) is 9.30. The highest BCUT2D eigenvalue weighted by atomic mass is 32.9. The summed E-state index contributed by atoms with van der Waals surface area (Å²) >= 11 is 0. The van der Waals surface area contributed by atoms with E-state index in [1.165, 1.54) is 0 Å². The monoisotopic (exact) mass is 327 g/mol. The van der Waals surface area contributed by atoms with Crippen LogP contribution in [-0.4, -0.2) is 10.6 Å². The smallest absolute Gasteiger partial charge is 0.206 e. The van der Waals surface area contributed by atoms with E-state index < -0.39 is 0 Å². The van der Waals surface area contributed by atoms with E-state index in [1.54, 1.807) is 20.7 Å². The van der Waals surface area contributed by atoms with Crippen molar-refractivity contribution in [2.24, 2.45) is 9.98 Å². The summed E-state index contributed by atoms with van der Waals surface area (Å²) in [5.74, 6) is 0. The average molecular weight is 327 g/mol. The Morgan fingerprint density at radius 2 is 1.41 bits per heavy atom. The van der Waals surface area contributed by atoms with E-state index in [-0.39, 0.29) is 6.04 Å². The molecule has 112 valence electrons. The SMILES string of the molecule is CC(C)N=c1ssc(=Nc2ccccc2)n1-c1ccccc1. The van der Waals surface area contributed by atoms with E-state index in [2.05, 4.69) is 30.5 Å². The van der Waals surface area contributed by atoms with E-state index in [0.717, 1.165) is 21.0 Å². The molecule has 1 aromatic heterocycles. The van der Waals surface area contributed by atoms with Crippen LogP contribution in [0.5, 0.6) is 0 Å². The van der Waals surface area contributed by atoms with Gasteiger partial charge in [-0.2, -0.15) is 0 Å². The molecule has 3 nitrogen and oxygen atoms in total. The maximum absolute atomic E-state index is 4.78. The van der Waals surface area contributed by atoms with Crippen molar-refractivity contribution in [1.82, 2.24) is 4.57 Å². The number of nitrogens with zero attached hydrogens (tertiary/aromatic N) is 3. The van der Waals surface area contributed by atoms with Gasteiger partial charge in [0, 0.05) is 6.04 Å². The van der Waals surface area contributed by atoms with Gasteiger partial charge in [0.15, 0.2) is 0 Å². The number of hydrogen-bond donors (Lipinski definition) is 0. The summed E-state index contributed by atoms with van der Waals surface area (Å²) in [6.07, 6.45) is 0. The first-order chi connectivity index (χ1) is 10.7. The van der Waals surface area contributed by atoms with Crippen LogP contribution in [0.1, 0.15) is 13.8 Å². The summed E-state index contributed by atoms with van der Waals surface area (Å²) in [6.45, 7) is 4.18. The molecule has 0 aliphatic heterocycles. The van der Waals surface area contributed by atoms with Crippen molar-refractivity contribution < 1.29 is 0 Å². The van der Waals surface area contributed by atoms with Crippen molar-refractivity contribution in [3.63, 3.8) is 0 Å². The number of rotatable bonds is 3. The summed E-state index contributed by atoms with van der Waals surface area (Å²) in [6, 6.07) is 20.6. The molecule has 2 aromatic carbocycles. The second kappa shape index (κ2) is 6.85. The highest BCUT2D eigenvalue weighted by Gasteiger charge is 2.05. The summed E-state index contributed by atoms with van der Waals surface area (Å²) in [7, 11) is 3.31. The van der Waals surface area contributed by atoms with E-state index in [9.17, 15) is 0 Å². The number of benzene rings is 2. The second-order valence-electron chi connectivity index (χ2n) is 5.07. The molecule has 0 radical (unpaired) electrons. The molecule has 0 aliphatic carbocycles. The normalized spacial score (nSPS) is 13.0. The molecule has 0 atom stereocenters. The maximum Gasteiger partial charge on any atom is 0.206 e. The lowest BCUT2D eigenvalue weighted by molar-refractivity contribution is 0.778. The number of hydrogen-bond acceptors (Lipinski definition) is 4. The first kappa shape index (κ1) is 14.9. The van der Waals surface area contributed by atoms with Crippen LogP contribution >= 0.6 is 20.7 Å². The van der Waals surface area contributed by atoms with Gasteiger partial charge in [0.05, 0.1) is 11.4 Å². The van der Waals surface area contributed by atoms with Gasteiger partial charge in [0.2, 0.25) is 9.60 Å². The van der Waals surface area contributed by atoms with Crippen LogP contribution in [0.3, 0.4) is 0 Å². The summed E-state index contributed by atoms with van der Waals surface area (Å²) in [5.41, 5.74) is 2.05. The molecule has 0 saturated heterocycles. The van der Waals surface area contributed by atoms with E-state index >= 15 is 0 Å². The fraction of sp³-hybridized carbons (Fsp3) is 0.176. The minimum absolute atomic E-state index is 0.255. The topological polar surface area (TPSA) is 29.6 Å². The Labute approximate surface area is 137 Å². The first-order valence-electron chi connectivity index (χ1n) is 7.15. The molecular formula is C17H17N3S2. The van der Waals surface area contributed by atoms with Crippen molar-refractivity contribution in [3.05, 3.63) is 70.3 Å². The van der Waals surface area contributed by atoms with Gasteiger partial charge < -0.3 is 0 Å². The molecule has 0 fully saturated rings. The largest absolute Gasteiger partial charge is 0.261 e. The van der Waals surface area contributed by atoms with Gasteiger partial charge in [0.25, 0.3) is 0 Å². The molecular weight excluding hydrogens is 310 g/mol. The van der Waals surface area contributed by atoms with Gasteiger partial charge in [0.1, 0.15) is 0 Å². The van der Waals surface area contributed by atoms with Gasteiger partial charge in [-0.15, -0.1) is 0 Å². The Balaban J connectivity index is 2.25. The predicted octanol–water partition coefficient (Wildman–Crippen LogP) is 4.14. The van der Waals surface area contributed by atoms with Crippen molar-refractivity contribution >= 4 is 26.4 Å². The highest BCUT2D eigenvalue weighted by molar-refractivity contribution is 7.67. The van der Waals surface area contributed by atoms with Crippen LogP contribution in [-0.2, 0) is 0 Å². The Hall–Kier alpha value is -1.98. The van der Waals surface area contributed by atoms with Crippen LogP contribution in [0.15, 0.2) is 70.6 Å². The lowest BCUT2D eigenvalue weighted by Gasteiger charge is -2.03. The van der Waals surface area contributed by atoms with Gasteiger partial charge >= 0.3 is 0 Å². The quantitative estimate of drug-likeness (QED) is 0.647. The zero-order valence-electron chi connectivity index (χ0n) is 12.5. The Bertz CT molecular complexity index is 856. The Morgan fingerprint density at radius 1 is 0.818 bits per heavy atom. The van der Waals surface area contributed by atoms with Crippen molar-refractivity contribution in [1.29, 1.82) is 0 Å². The van der Waals surface area contributed by atoms with Crippen LogP contribution < -0.4 is 9.60 Å². The van der Waals surface area contributed by atoms with Crippen LogP contribution in [0.2, 0.25) is 0 Å². The summed E-state index contributed by atoms with van der Waals surface area (Å²) < 4.78 is 2.13. The molecule has 0 spiro atoms. The molecule has 5 heteroatoms. The number of para-hydroxylation sites is 2. The molecule has 3 rings (SSSR count). The van der Waals surface area contributed by atoms with Crippen LogP contribution in [0.25, 0.3) is 5.69 Å². The summed E-state index contributed by atoms with van der Waals surface area (Å²) in [5, 5.41) is 0. The lowest BCUT2D eigenvalue weighted by atomic mass is 10.3. The second-order valence-corrected chi connectivity index (χ2v) is 7.14. The van der Waals surface area contributed by atoms with Crippen molar-refractivity contribution in [3.8, 4) is 5.69 Å². The fourth-order valence-electron chi connectivity index (χ4n) is 2.01. The fourth-order valence-corrected chi connectivity index (χ4v) is 4.28. The zero-order valence-corrected chi connectivity index (χ0v) is 14.1. The van der Waals surface area contributed by atoms with Gasteiger partial charge in [-0.3, -0.25) is 9.56 Å². The van der Waals surface area contributed by atoms with E-state index in [0.29, 0.717) is 0 Å².